The van der Waals surface area contributed by atoms with E-state index in [9.17, 15) is 0 Å². The molecule has 0 aromatic heterocycles. The van der Waals surface area contributed by atoms with E-state index in [2.05, 4.69) is 10.5 Å². The van der Waals surface area contributed by atoms with Crippen molar-refractivity contribution in [2.24, 2.45) is 16.3 Å². The lowest BCUT2D eigenvalue weighted by molar-refractivity contribution is 0.0720. The number of amidine groups is 1. The number of nitrogens with one attached hydrogen (secondary N) is 1. The fourth-order valence-electron chi connectivity index (χ4n) is 1.43. The number of nitrogens with zero attached hydrogens (tertiary/aromatic N) is 1. The van der Waals surface area contributed by atoms with Crippen LogP contribution >= 0.6 is 0 Å². The van der Waals surface area contributed by atoms with Gasteiger partial charge in [-0.15, -0.1) is 0 Å². The molecular formula is C12H27N3O3. The van der Waals surface area contributed by atoms with Gasteiger partial charge in [-0.3, -0.25) is 0 Å². The molecule has 0 aliphatic carbocycles. The molecule has 6 nitrogen and oxygen atoms in total. The first-order valence-electron chi connectivity index (χ1n) is 6.30. The Hall–Kier alpha value is -0.850. The molecule has 6 heteroatoms. The summed E-state index contributed by atoms with van der Waals surface area (Å²) in [5.74, 6) is 0.283. The van der Waals surface area contributed by atoms with Crippen molar-refractivity contribution in [1.29, 1.82) is 0 Å². The third kappa shape index (κ3) is 8.27. The number of rotatable bonds is 11. The van der Waals surface area contributed by atoms with Gasteiger partial charge in [0, 0.05) is 19.1 Å². The van der Waals surface area contributed by atoms with Crippen LogP contribution in [-0.2, 0) is 9.47 Å². The highest BCUT2D eigenvalue weighted by Gasteiger charge is 2.22. The maximum Gasteiger partial charge on any atom is 0.144 e. The second kappa shape index (κ2) is 10.1. The lowest BCUT2D eigenvalue weighted by atomic mass is 9.86. The van der Waals surface area contributed by atoms with Gasteiger partial charge in [0.05, 0.1) is 19.8 Å². The van der Waals surface area contributed by atoms with E-state index >= 15 is 0 Å². The van der Waals surface area contributed by atoms with E-state index in [1.54, 1.807) is 7.11 Å². The van der Waals surface area contributed by atoms with Gasteiger partial charge in [-0.25, -0.2) is 0 Å². The monoisotopic (exact) mass is 261 g/mol. The average Bonchev–Trinajstić information content (AvgIpc) is 2.35. The second-order valence-electron chi connectivity index (χ2n) is 4.83. The summed E-state index contributed by atoms with van der Waals surface area (Å²) in [5.41, 5.74) is 5.35. The summed E-state index contributed by atoms with van der Waals surface area (Å²) in [7, 11) is 1.66. The maximum atomic E-state index is 8.63. The molecule has 108 valence electrons. The Morgan fingerprint density at radius 2 is 2.00 bits per heavy atom. The van der Waals surface area contributed by atoms with Crippen molar-refractivity contribution in [3.63, 3.8) is 0 Å². The highest BCUT2D eigenvalue weighted by molar-refractivity contribution is 5.85. The average molecular weight is 261 g/mol. The molecule has 0 aliphatic rings. The molecule has 0 saturated carbocycles. The van der Waals surface area contributed by atoms with E-state index in [4.69, 9.17) is 20.4 Å². The molecule has 0 rings (SSSR count). The van der Waals surface area contributed by atoms with Gasteiger partial charge in [0.15, 0.2) is 0 Å². The Bertz CT molecular complexity index is 233. The molecule has 0 spiro atoms. The van der Waals surface area contributed by atoms with Gasteiger partial charge in [0.25, 0.3) is 0 Å². The number of hydrogen-bond acceptors (Lipinski definition) is 5. The van der Waals surface area contributed by atoms with Gasteiger partial charge in [-0.05, 0) is 19.4 Å². The predicted molar refractivity (Wildman–Crippen MR) is 72.0 cm³/mol. The van der Waals surface area contributed by atoms with Crippen LogP contribution in [0.2, 0.25) is 0 Å². The Balaban J connectivity index is 3.40. The van der Waals surface area contributed by atoms with E-state index in [-0.39, 0.29) is 11.3 Å². The zero-order chi connectivity index (χ0) is 13.9. The minimum absolute atomic E-state index is 0.259. The molecule has 0 amide bonds. The van der Waals surface area contributed by atoms with Gasteiger partial charge in [-0.2, -0.15) is 0 Å². The van der Waals surface area contributed by atoms with Crippen molar-refractivity contribution in [3.05, 3.63) is 0 Å². The van der Waals surface area contributed by atoms with E-state index in [1.807, 2.05) is 13.8 Å². The van der Waals surface area contributed by atoms with E-state index < -0.39 is 0 Å². The molecule has 0 fully saturated rings. The minimum atomic E-state index is -0.259. The standard InChI is InChI=1S/C12H27N3O3/c1-12(2,11(13)15-16)5-4-6-14-7-8-18-10-9-17-3/h14,16H,4-10H2,1-3H3,(H2,13,15). The summed E-state index contributed by atoms with van der Waals surface area (Å²) < 4.78 is 10.2. The summed E-state index contributed by atoms with van der Waals surface area (Å²) in [6.07, 6.45) is 1.85. The molecule has 0 atom stereocenters. The lowest BCUT2D eigenvalue weighted by Gasteiger charge is -2.22. The van der Waals surface area contributed by atoms with Crippen molar-refractivity contribution < 1.29 is 14.7 Å². The lowest BCUT2D eigenvalue weighted by Crippen LogP contribution is -2.33. The van der Waals surface area contributed by atoms with E-state index in [1.165, 1.54) is 0 Å². The summed E-state index contributed by atoms with van der Waals surface area (Å²) in [6.45, 7) is 7.62. The number of oxime groups is 1. The summed E-state index contributed by atoms with van der Waals surface area (Å²) in [5, 5.41) is 15.0. The van der Waals surface area contributed by atoms with Crippen molar-refractivity contribution in [3.8, 4) is 0 Å². The SMILES string of the molecule is COCCOCCNCCCC(C)(C)C(N)=NO. The van der Waals surface area contributed by atoms with Gasteiger partial charge in [-0.1, -0.05) is 19.0 Å². The van der Waals surface area contributed by atoms with Gasteiger partial charge < -0.3 is 25.7 Å². The highest BCUT2D eigenvalue weighted by Crippen LogP contribution is 2.21. The van der Waals surface area contributed by atoms with Gasteiger partial charge >= 0.3 is 0 Å². The van der Waals surface area contributed by atoms with Gasteiger partial charge in [0.2, 0.25) is 0 Å². The summed E-state index contributed by atoms with van der Waals surface area (Å²) in [4.78, 5) is 0. The van der Waals surface area contributed by atoms with Crippen LogP contribution in [0.25, 0.3) is 0 Å². The summed E-state index contributed by atoms with van der Waals surface area (Å²) in [6, 6.07) is 0. The van der Waals surface area contributed by atoms with Crippen LogP contribution in [0, 0.1) is 5.41 Å². The quantitative estimate of drug-likeness (QED) is 0.168. The highest BCUT2D eigenvalue weighted by atomic mass is 16.5. The number of ether oxygens (including phenoxy) is 2. The number of hydrogen-bond donors (Lipinski definition) is 3. The van der Waals surface area contributed by atoms with Gasteiger partial charge in [0.1, 0.15) is 5.84 Å². The van der Waals surface area contributed by atoms with Crippen LogP contribution in [0.3, 0.4) is 0 Å². The summed E-state index contributed by atoms with van der Waals surface area (Å²) >= 11 is 0. The van der Waals surface area contributed by atoms with Crippen molar-refractivity contribution in [1.82, 2.24) is 5.32 Å². The molecule has 0 radical (unpaired) electrons. The Labute approximate surface area is 110 Å². The first-order valence-corrected chi connectivity index (χ1v) is 6.30. The van der Waals surface area contributed by atoms with Crippen LogP contribution in [0.5, 0.6) is 0 Å². The van der Waals surface area contributed by atoms with Crippen LogP contribution in [0.1, 0.15) is 26.7 Å². The maximum absolute atomic E-state index is 8.63. The number of nitrogens with two attached hydrogens (primary N) is 1. The topological polar surface area (TPSA) is 89.1 Å². The van der Waals surface area contributed by atoms with E-state index in [0.717, 1.165) is 25.9 Å². The molecule has 0 unspecified atom stereocenters. The third-order valence-corrected chi connectivity index (χ3v) is 2.81. The first-order chi connectivity index (χ1) is 8.54. The molecule has 0 saturated heterocycles. The zero-order valence-electron chi connectivity index (χ0n) is 11.7. The fourth-order valence-corrected chi connectivity index (χ4v) is 1.43. The molecule has 0 aliphatic heterocycles. The van der Waals surface area contributed by atoms with E-state index in [0.29, 0.717) is 19.8 Å². The zero-order valence-corrected chi connectivity index (χ0v) is 11.7. The van der Waals surface area contributed by atoms with Crippen molar-refractivity contribution in [2.75, 3.05) is 40.0 Å². The largest absolute Gasteiger partial charge is 0.409 e. The Kier molecular flexibility index (Phi) is 9.63. The Morgan fingerprint density at radius 1 is 1.28 bits per heavy atom. The van der Waals surface area contributed by atoms with Crippen LogP contribution in [-0.4, -0.2) is 51.1 Å². The Morgan fingerprint density at radius 3 is 2.61 bits per heavy atom. The van der Waals surface area contributed by atoms with Crippen LogP contribution < -0.4 is 11.1 Å². The molecule has 0 aromatic rings. The molecule has 4 N–H and O–H groups in total. The molecule has 0 aromatic carbocycles. The van der Waals surface area contributed by atoms with Crippen molar-refractivity contribution in [2.45, 2.75) is 26.7 Å². The fraction of sp³-hybridized carbons (Fsp3) is 0.917. The van der Waals surface area contributed by atoms with Crippen molar-refractivity contribution >= 4 is 5.84 Å². The minimum Gasteiger partial charge on any atom is -0.409 e. The normalized spacial score (nSPS) is 12.9. The third-order valence-electron chi connectivity index (χ3n) is 2.81. The van der Waals surface area contributed by atoms with Crippen LogP contribution in [0.15, 0.2) is 5.16 Å². The first kappa shape index (κ1) is 17.2. The smallest absolute Gasteiger partial charge is 0.144 e. The molecule has 18 heavy (non-hydrogen) atoms. The molecule has 0 bridgehead atoms. The second-order valence-corrected chi connectivity index (χ2v) is 4.83. The number of methoxy groups -OCH3 is 1. The predicted octanol–water partition coefficient (Wildman–Crippen LogP) is 0.792. The van der Waals surface area contributed by atoms with Crippen LogP contribution in [0.4, 0.5) is 0 Å². The molecule has 0 heterocycles. The molecular weight excluding hydrogens is 234 g/mol.